The van der Waals surface area contributed by atoms with Gasteiger partial charge in [-0.1, -0.05) is 12.2 Å². The van der Waals surface area contributed by atoms with Crippen LogP contribution in [-0.2, 0) is 9.53 Å². The molecule has 0 bridgehead atoms. The number of ether oxygens (including phenoxy) is 1. The van der Waals surface area contributed by atoms with Crippen LogP contribution in [0, 0.1) is 0 Å². The van der Waals surface area contributed by atoms with Crippen LogP contribution in [0.3, 0.4) is 0 Å². The van der Waals surface area contributed by atoms with Crippen LogP contribution in [0.15, 0.2) is 12.2 Å². The lowest BCUT2D eigenvalue weighted by Gasteiger charge is -2.34. The highest BCUT2D eigenvalue weighted by atomic mass is 16.5. The minimum absolute atomic E-state index is 0.0339. The smallest absolute Gasteiger partial charge is 0.318 e. The molecule has 0 radical (unpaired) electrons. The summed E-state index contributed by atoms with van der Waals surface area (Å²) >= 11 is 0. The van der Waals surface area contributed by atoms with E-state index in [4.69, 9.17) is 10.5 Å². The molecule has 0 aromatic rings. The number of carbonyl (C=O) groups is 2. The van der Waals surface area contributed by atoms with Crippen LogP contribution in [0.25, 0.3) is 0 Å². The average molecular weight is 310 g/mol. The first kappa shape index (κ1) is 16.8. The van der Waals surface area contributed by atoms with Gasteiger partial charge < -0.3 is 25.6 Å². The van der Waals surface area contributed by atoms with Crippen molar-refractivity contribution in [1.29, 1.82) is 0 Å². The standard InChI is InChI=1S/C15H26N4O3/c1-18-7-8-22-13(9-18)10-19(11-14(16)20)15(21)17-12-5-3-2-4-6-12/h3,5,12-13H,2,4,6-11H2,1H3,(H2,16,20)(H,17,21). The van der Waals surface area contributed by atoms with Crippen LogP contribution >= 0.6 is 0 Å². The van der Waals surface area contributed by atoms with Crippen LogP contribution in [0.2, 0.25) is 0 Å². The van der Waals surface area contributed by atoms with Gasteiger partial charge >= 0.3 is 6.03 Å². The van der Waals surface area contributed by atoms with Crippen LogP contribution in [0.4, 0.5) is 4.79 Å². The van der Waals surface area contributed by atoms with Crippen molar-refractivity contribution in [2.45, 2.75) is 31.4 Å². The lowest BCUT2D eigenvalue weighted by Crippen LogP contribution is -2.53. The van der Waals surface area contributed by atoms with E-state index in [1.807, 2.05) is 13.1 Å². The van der Waals surface area contributed by atoms with Gasteiger partial charge in [-0.3, -0.25) is 4.79 Å². The van der Waals surface area contributed by atoms with Gasteiger partial charge in [-0.25, -0.2) is 4.79 Å². The third-order valence-corrected chi connectivity index (χ3v) is 3.96. The fraction of sp³-hybridized carbons (Fsp3) is 0.733. The predicted molar refractivity (Wildman–Crippen MR) is 83.3 cm³/mol. The maximum Gasteiger partial charge on any atom is 0.318 e. The summed E-state index contributed by atoms with van der Waals surface area (Å²) in [6.45, 7) is 2.54. The predicted octanol–water partition coefficient (Wildman–Crippen LogP) is -0.0774. The van der Waals surface area contributed by atoms with E-state index >= 15 is 0 Å². The van der Waals surface area contributed by atoms with Gasteiger partial charge in [0.15, 0.2) is 0 Å². The number of morpholine rings is 1. The van der Waals surface area contributed by atoms with Gasteiger partial charge in [0.25, 0.3) is 0 Å². The number of nitrogens with two attached hydrogens (primary N) is 1. The minimum Gasteiger partial charge on any atom is -0.374 e. The molecule has 3 N–H and O–H groups in total. The second kappa shape index (κ2) is 8.14. The van der Waals surface area contributed by atoms with Crippen molar-refractivity contribution in [2.75, 3.05) is 39.8 Å². The molecule has 1 aliphatic heterocycles. The number of nitrogens with zero attached hydrogens (tertiary/aromatic N) is 2. The summed E-state index contributed by atoms with van der Waals surface area (Å²) in [4.78, 5) is 27.3. The second-order valence-electron chi connectivity index (χ2n) is 6.02. The molecular weight excluding hydrogens is 284 g/mol. The molecule has 2 rings (SSSR count). The first-order chi connectivity index (χ1) is 10.5. The quantitative estimate of drug-likeness (QED) is 0.695. The molecule has 0 spiro atoms. The lowest BCUT2D eigenvalue weighted by molar-refractivity contribution is -0.119. The molecule has 1 fully saturated rings. The summed E-state index contributed by atoms with van der Waals surface area (Å²) in [6, 6.07) is -0.223. The molecule has 1 heterocycles. The van der Waals surface area contributed by atoms with Gasteiger partial charge in [0.1, 0.15) is 6.54 Å². The van der Waals surface area contributed by atoms with Crippen LogP contribution in [0.1, 0.15) is 19.3 Å². The summed E-state index contributed by atoms with van der Waals surface area (Å²) in [5.74, 6) is -0.515. The first-order valence-electron chi connectivity index (χ1n) is 7.85. The maximum absolute atomic E-state index is 12.4. The number of hydrogen-bond acceptors (Lipinski definition) is 4. The Morgan fingerprint density at radius 2 is 2.32 bits per heavy atom. The van der Waals surface area contributed by atoms with Gasteiger partial charge in [-0.05, 0) is 26.3 Å². The minimum atomic E-state index is -0.515. The Balaban J connectivity index is 1.91. The third kappa shape index (κ3) is 5.31. The number of primary amides is 1. The summed E-state index contributed by atoms with van der Waals surface area (Å²) in [7, 11) is 2.01. The third-order valence-electron chi connectivity index (χ3n) is 3.96. The lowest BCUT2D eigenvalue weighted by atomic mass is 10.0. The highest BCUT2D eigenvalue weighted by Crippen LogP contribution is 2.11. The van der Waals surface area contributed by atoms with Gasteiger partial charge in [0.2, 0.25) is 5.91 Å². The Hall–Kier alpha value is -1.60. The number of urea groups is 1. The Labute approximate surface area is 131 Å². The molecule has 2 unspecified atom stereocenters. The monoisotopic (exact) mass is 310 g/mol. The zero-order valence-electron chi connectivity index (χ0n) is 13.2. The summed E-state index contributed by atoms with van der Waals surface area (Å²) in [5.41, 5.74) is 5.27. The number of amides is 3. The second-order valence-corrected chi connectivity index (χ2v) is 6.02. The number of carbonyl (C=O) groups excluding carboxylic acids is 2. The molecule has 2 aliphatic rings. The zero-order valence-corrected chi connectivity index (χ0v) is 13.2. The summed E-state index contributed by atoms with van der Waals surface area (Å²) in [5, 5.41) is 2.95. The molecule has 0 aromatic heterocycles. The fourth-order valence-corrected chi connectivity index (χ4v) is 2.81. The van der Waals surface area contributed by atoms with Crippen LogP contribution < -0.4 is 11.1 Å². The molecule has 0 saturated carbocycles. The normalized spacial score (nSPS) is 25.7. The van der Waals surface area contributed by atoms with E-state index in [0.717, 1.165) is 32.4 Å². The molecule has 7 heteroatoms. The average Bonchev–Trinajstić information content (AvgIpc) is 2.47. The Morgan fingerprint density at radius 3 is 2.95 bits per heavy atom. The number of hydrogen-bond donors (Lipinski definition) is 2. The van der Waals surface area contributed by atoms with Crippen LogP contribution in [0.5, 0.6) is 0 Å². The highest BCUT2D eigenvalue weighted by molar-refractivity contribution is 5.83. The molecule has 2 atom stereocenters. The van der Waals surface area contributed by atoms with E-state index in [-0.39, 0.29) is 24.7 Å². The Morgan fingerprint density at radius 1 is 1.50 bits per heavy atom. The van der Waals surface area contributed by atoms with Gasteiger partial charge in [-0.2, -0.15) is 0 Å². The van der Waals surface area contributed by atoms with Crippen molar-refractivity contribution >= 4 is 11.9 Å². The van der Waals surface area contributed by atoms with Crippen molar-refractivity contribution in [3.05, 3.63) is 12.2 Å². The van der Waals surface area contributed by atoms with E-state index < -0.39 is 5.91 Å². The van der Waals surface area contributed by atoms with Crippen molar-refractivity contribution in [3.8, 4) is 0 Å². The molecule has 3 amide bonds. The van der Waals surface area contributed by atoms with Crippen molar-refractivity contribution in [1.82, 2.24) is 15.1 Å². The number of likely N-dealkylation sites (N-methyl/N-ethyl adjacent to an activating group) is 1. The SMILES string of the molecule is CN1CCOC(CN(CC(N)=O)C(=O)NC2C=CCCC2)C1. The maximum atomic E-state index is 12.4. The number of rotatable bonds is 5. The molecule has 124 valence electrons. The van der Waals surface area contributed by atoms with E-state index in [0.29, 0.717) is 13.2 Å². The van der Waals surface area contributed by atoms with Gasteiger partial charge in [0, 0.05) is 19.1 Å². The highest BCUT2D eigenvalue weighted by Gasteiger charge is 2.25. The molecule has 1 saturated heterocycles. The Kier molecular flexibility index (Phi) is 6.21. The molecule has 22 heavy (non-hydrogen) atoms. The number of allylic oxidation sites excluding steroid dienone is 1. The largest absolute Gasteiger partial charge is 0.374 e. The van der Waals surface area contributed by atoms with Crippen molar-refractivity contribution < 1.29 is 14.3 Å². The number of nitrogens with one attached hydrogen (secondary N) is 1. The van der Waals surface area contributed by atoms with E-state index in [1.54, 1.807) is 0 Å². The fourth-order valence-electron chi connectivity index (χ4n) is 2.81. The molecular formula is C15H26N4O3. The zero-order chi connectivity index (χ0) is 15.9. The first-order valence-corrected chi connectivity index (χ1v) is 7.85. The summed E-state index contributed by atoms with van der Waals surface area (Å²) < 4.78 is 5.67. The topological polar surface area (TPSA) is 87.9 Å². The van der Waals surface area contributed by atoms with E-state index in [2.05, 4.69) is 16.3 Å². The van der Waals surface area contributed by atoms with Gasteiger partial charge in [-0.15, -0.1) is 0 Å². The van der Waals surface area contributed by atoms with E-state index in [1.165, 1.54) is 4.90 Å². The Bertz CT molecular complexity index is 427. The molecule has 7 nitrogen and oxygen atoms in total. The van der Waals surface area contributed by atoms with E-state index in [9.17, 15) is 9.59 Å². The van der Waals surface area contributed by atoms with Crippen LogP contribution in [-0.4, -0.2) is 73.7 Å². The van der Waals surface area contributed by atoms with Crippen molar-refractivity contribution in [3.63, 3.8) is 0 Å². The summed E-state index contributed by atoms with van der Waals surface area (Å²) in [6.07, 6.45) is 7.04. The molecule has 1 aliphatic carbocycles. The van der Waals surface area contributed by atoms with Gasteiger partial charge in [0.05, 0.1) is 19.3 Å². The molecule has 0 aromatic carbocycles. The van der Waals surface area contributed by atoms with Crippen molar-refractivity contribution in [2.24, 2.45) is 5.73 Å².